The van der Waals surface area contributed by atoms with Gasteiger partial charge in [0.25, 0.3) is 5.91 Å². The van der Waals surface area contributed by atoms with Crippen LogP contribution in [-0.4, -0.2) is 14.3 Å². The van der Waals surface area contributed by atoms with Crippen molar-refractivity contribution < 1.29 is 26.4 Å². The summed E-state index contributed by atoms with van der Waals surface area (Å²) in [4.78, 5) is 12.0. The second-order valence-corrected chi connectivity index (χ2v) is 6.83. The highest BCUT2D eigenvalue weighted by molar-refractivity contribution is 7.89. The number of nitrogens with one attached hydrogen (secondary N) is 1. The van der Waals surface area contributed by atoms with Crippen LogP contribution in [0.15, 0.2) is 27.5 Å². The van der Waals surface area contributed by atoms with Crippen molar-refractivity contribution in [2.75, 3.05) is 0 Å². The van der Waals surface area contributed by atoms with Gasteiger partial charge in [-0.1, -0.05) is 6.07 Å². The fraction of sp³-hybridized carbons (Fsp3) is 0.267. The summed E-state index contributed by atoms with van der Waals surface area (Å²) in [5.41, 5.74) is 0.113. The molecular formula is C15H16F2N2O4S. The Bertz CT molecular complexity index is 906. The highest BCUT2D eigenvalue weighted by Gasteiger charge is 2.29. The van der Waals surface area contributed by atoms with Gasteiger partial charge in [-0.15, -0.1) is 0 Å². The van der Waals surface area contributed by atoms with E-state index in [0.717, 1.165) is 12.1 Å². The largest absolute Gasteiger partial charge is 0.464 e. The Kier molecular flexibility index (Phi) is 4.77. The number of amides is 1. The number of rotatable bonds is 4. The third kappa shape index (κ3) is 3.46. The van der Waals surface area contributed by atoms with Crippen LogP contribution in [0.4, 0.5) is 8.78 Å². The van der Waals surface area contributed by atoms with E-state index in [1.807, 2.05) is 0 Å². The zero-order chi connectivity index (χ0) is 18.2. The lowest BCUT2D eigenvalue weighted by molar-refractivity contribution is 0.0935. The zero-order valence-corrected chi connectivity index (χ0v) is 14.0. The molecule has 0 fully saturated rings. The second-order valence-electron chi connectivity index (χ2n) is 5.33. The average Bonchev–Trinajstić information content (AvgIpc) is 2.76. The number of primary sulfonamides is 1. The molecule has 24 heavy (non-hydrogen) atoms. The van der Waals surface area contributed by atoms with Crippen LogP contribution in [0.5, 0.6) is 0 Å². The first-order valence-corrected chi connectivity index (χ1v) is 8.45. The third-order valence-electron chi connectivity index (χ3n) is 3.51. The number of benzene rings is 1. The Morgan fingerprint density at radius 2 is 1.83 bits per heavy atom. The van der Waals surface area contributed by atoms with Crippen molar-refractivity contribution in [3.8, 4) is 0 Å². The molecule has 0 unspecified atom stereocenters. The fourth-order valence-corrected chi connectivity index (χ4v) is 3.37. The first-order chi connectivity index (χ1) is 11.0. The number of sulfonamides is 1. The van der Waals surface area contributed by atoms with Crippen molar-refractivity contribution in [3.63, 3.8) is 0 Å². The molecule has 1 amide bonds. The number of nitrogens with two attached hydrogens (primary N) is 1. The summed E-state index contributed by atoms with van der Waals surface area (Å²) in [6, 6.07) is 2.51. The Hall–Kier alpha value is -2.26. The Balaban J connectivity index is 2.35. The summed E-state index contributed by atoms with van der Waals surface area (Å²) >= 11 is 0. The molecule has 1 aromatic carbocycles. The molecule has 3 N–H and O–H groups in total. The molecule has 0 saturated heterocycles. The van der Waals surface area contributed by atoms with Crippen molar-refractivity contribution in [1.82, 2.24) is 5.32 Å². The number of carbonyl (C=O) groups excluding carboxylic acids is 1. The second kappa shape index (κ2) is 6.33. The molecule has 0 radical (unpaired) electrons. The maximum atomic E-state index is 13.3. The van der Waals surface area contributed by atoms with Crippen LogP contribution >= 0.6 is 0 Å². The number of hydrogen-bond donors (Lipinski definition) is 2. The molecule has 130 valence electrons. The predicted octanol–water partition coefficient (Wildman–Crippen LogP) is 2.31. The van der Waals surface area contributed by atoms with Crippen LogP contribution < -0.4 is 10.5 Å². The summed E-state index contributed by atoms with van der Waals surface area (Å²) in [5, 5.41) is 7.65. The van der Waals surface area contributed by atoms with Gasteiger partial charge in [0.15, 0.2) is 11.6 Å². The SMILES string of the molecule is Cc1oc(C)c(S(N)(=O)=O)c1C(=O)N[C@@H](C)c1ccc(F)c(F)c1. The normalized spacial score (nSPS) is 12.9. The van der Waals surface area contributed by atoms with E-state index in [0.29, 0.717) is 5.56 Å². The fourth-order valence-electron chi connectivity index (χ4n) is 2.40. The summed E-state index contributed by atoms with van der Waals surface area (Å²) in [6.45, 7) is 4.35. The molecule has 0 aliphatic carbocycles. The van der Waals surface area contributed by atoms with E-state index in [1.165, 1.54) is 19.9 Å². The van der Waals surface area contributed by atoms with Crippen LogP contribution in [-0.2, 0) is 10.0 Å². The third-order valence-corrected chi connectivity index (χ3v) is 4.57. The molecule has 2 rings (SSSR count). The van der Waals surface area contributed by atoms with Gasteiger partial charge in [-0.3, -0.25) is 4.79 Å². The lowest BCUT2D eigenvalue weighted by Gasteiger charge is -2.15. The van der Waals surface area contributed by atoms with E-state index < -0.39 is 38.5 Å². The molecule has 0 spiro atoms. The lowest BCUT2D eigenvalue weighted by Crippen LogP contribution is -2.29. The van der Waals surface area contributed by atoms with E-state index in [4.69, 9.17) is 9.56 Å². The Labute approximate surface area is 137 Å². The minimum atomic E-state index is -4.17. The quantitative estimate of drug-likeness (QED) is 0.875. The van der Waals surface area contributed by atoms with E-state index >= 15 is 0 Å². The predicted molar refractivity (Wildman–Crippen MR) is 81.8 cm³/mol. The van der Waals surface area contributed by atoms with Gasteiger partial charge in [-0.05, 0) is 38.5 Å². The molecule has 2 aromatic rings. The number of hydrogen-bond acceptors (Lipinski definition) is 4. The summed E-state index contributed by atoms with van der Waals surface area (Å²) in [6.07, 6.45) is 0. The van der Waals surface area contributed by atoms with Crippen LogP contribution in [0.3, 0.4) is 0 Å². The van der Waals surface area contributed by atoms with Crippen molar-refractivity contribution in [1.29, 1.82) is 0 Å². The smallest absolute Gasteiger partial charge is 0.256 e. The van der Waals surface area contributed by atoms with Gasteiger partial charge in [0.05, 0.1) is 6.04 Å². The minimum absolute atomic E-state index is 0.000583. The monoisotopic (exact) mass is 358 g/mol. The molecule has 0 aliphatic rings. The summed E-state index contributed by atoms with van der Waals surface area (Å²) < 4.78 is 54.8. The maximum Gasteiger partial charge on any atom is 0.256 e. The lowest BCUT2D eigenvalue weighted by atomic mass is 10.1. The molecular weight excluding hydrogens is 342 g/mol. The highest BCUT2D eigenvalue weighted by Crippen LogP contribution is 2.26. The molecule has 1 heterocycles. The Morgan fingerprint density at radius 3 is 2.38 bits per heavy atom. The van der Waals surface area contributed by atoms with E-state index in [-0.39, 0.29) is 17.1 Å². The summed E-state index contributed by atoms with van der Waals surface area (Å²) in [5.74, 6) is -2.71. The van der Waals surface area contributed by atoms with Gasteiger partial charge < -0.3 is 9.73 Å². The first kappa shape index (κ1) is 18.1. The van der Waals surface area contributed by atoms with Crippen LogP contribution in [0, 0.1) is 25.5 Å². The van der Waals surface area contributed by atoms with Crippen molar-refractivity contribution in [2.45, 2.75) is 31.7 Å². The van der Waals surface area contributed by atoms with Gasteiger partial charge >= 0.3 is 0 Å². The van der Waals surface area contributed by atoms with Crippen LogP contribution in [0.1, 0.15) is 40.4 Å². The van der Waals surface area contributed by atoms with Gasteiger partial charge in [0.2, 0.25) is 10.0 Å². The van der Waals surface area contributed by atoms with Crippen molar-refractivity contribution >= 4 is 15.9 Å². The van der Waals surface area contributed by atoms with E-state index in [9.17, 15) is 22.0 Å². The zero-order valence-electron chi connectivity index (χ0n) is 13.2. The highest BCUT2D eigenvalue weighted by atomic mass is 32.2. The Morgan fingerprint density at radius 1 is 1.21 bits per heavy atom. The minimum Gasteiger partial charge on any atom is -0.464 e. The average molecular weight is 358 g/mol. The van der Waals surface area contributed by atoms with Gasteiger partial charge in [-0.2, -0.15) is 0 Å². The molecule has 1 atom stereocenters. The van der Waals surface area contributed by atoms with Crippen molar-refractivity contribution in [3.05, 3.63) is 52.5 Å². The molecule has 0 bridgehead atoms. The van der Waals surface area contributed by atoms with Gasteiger partial charge in [0, 0.05) is 0 Å². The van der Waals surface area contributed by atoms with Crippen molar-refractivity contribution in [2.24, 2.45) is 5.14 Å². The van der Waals surface area contributed by atoms with Gasteiger partial charge in [0.1, 0.15) is 22.0 Å². The first-order valence-electron chi connectivity index (χ1n) is 6.91. The molecule has 9 heteroatoms. The van der Waals surface area contributed by atoms with Crippen LogP contribution in [0.2, 0.25) is 0 Å². The molecule has 0 aliphatic heterocycles. The van der Waals surface area contributed by atoms with Crippen LogP contribution in [0.25, 0.3) is 0 Å². The van der Waals surface area contributed by atoms with E-state index in [2.05, 4.69) is 5.32 Å². The summed E-state index contributed by atoms with van der Waals surface area (Å²) in [7, 11) is -4.17. The molecule has 1 aromatic heterocycles. The number of furan rings is 1. The number of aryl methyl sites for hydroxylation is 2. The topological polar surface area (TPSA) is 102 Å². The van der Waals surface area contributed by atoms with E-state index in [1.54, 1.807) is 6.92 Å². The van der Waals surface area contributed by atoms with Gasteiger partial charge in [-0.25, -0.2) is 22.3 Å². The standard InChI is InChI=1S/C15H16F2N2O4S/c1-7(10-4-5-11(16)12(17)6-10)19-15(20)13-8(2)23-9(3)14(13)24(18,21)22/h4-7H,1-3H3,(H,19,20)(H2,18,21,22)/t7-/m0/s1. The molecule has 0 saturated carbocycles. The number of carbonyl (C=O) groups is 1. The number of halogens is 2. The molecule has 6 nitrogen and oxygen atoms in total. The maximum absolute atomic E-state index is 13.3.